The van der Waals surface area contributed by atoms with Crippen LogP contribution in [0.2, 0.25) is 0 Å². The summed E-state index contributed by atoms with van der Waals surface area (Å²) in [5.74, 6) is -0.0372. The predicted octanol–water partition coefficient (Wildman–Crippen LogP) is 6.03. The summed E-state index contributed by atoms with van der Waals surface area (Å²) in [5.41, 5.74) is 1.05. The Morgan fingerprint density at radius 3 is 2.00 bits per heavy atom. The van der Waals surface area contributed by atoms with E-state index in [1.54, 1.807) is 0 Å². The maximum Gasteiger partial charge on any atom is 0.318 e. The van der Waals surface area contributed by atoms with Gasteiger partial charge >= 0.3 is 5.97 Å². The van der Waals surface area contributed by atoms with E-state index in [1.807, 2.05) is 24.3 Å². The standard InChI is InChI=1S/C22H34O3/c1-3-4-5-6-7-8-9-10-11-12-15-20-16-13-14-17-21(20)25-22(24)18-19(2)23/h13-14,16-17H,3-12,15,18H2,1-2H3. The topological polar surface area (TPSA) is 43.4 Å². The van der Waals surface area contributed by atoms with Crippen LogP contribution in [0.15, 0.2) is 24.3 Å². The highest BCUT2D eigenvalue weighted by Gasteiger charge is 2.10. The fraction of sp³-hybridized carbons (Fsp3) is 0.636. The van der Waals surface area contributed by atoms with Gasteiger partial charge in [-0.05, 0) is 31.4 Å². The lowest BCUT2D eigenvalue weighted by Crippen LogP contribution is -2.12. The largest absolute Gasteiger partial charge is 0.426 e. The molecule has 0 saturated heterocycles. The molecule has 140 valence electrons. The lowest BCUT2D eigenvalue weighted by molar-refractivity contribution is -0.137. The number of benzene rings is 1. The van der Waals surface area contributed by atoms with Crippen molar-refractivity contribution < 1.29 is 14.3 Å². The number of carbonyl (C=O) groups is 2. The van der Waals surface area contributed by atoms with E-state index < -0.39 is 5.97 Å². The second-order valence-electron chi connectivity index (χ2n) is 6.89. The highest BCUT2D eigenvalue weighted by molar-refractivity contribution is 5.95. The quantitative estimate of drug-likeness (QED) is 0.179. The molecule has 3 nitrogen and oxygen atoms in total. The first-order chi connectivity index (χ1) is 12.1. The van der Waals surface area contributed by atoms with Crippen LogP contribution in [0.5, 0.6) is 5.75 Å². The van der Waals surface area contributed by atoms with Crippen LogP contribution in [-0.2, 0) is 16.0 Å². The Balaban J connectivity index is 2.20. The Bertz CT molecular complexity index is 508. The molecule has 0 aliphatic rings. The molecule has 0 aliphatic carbocycles. The van der Waals surface area contributed by atoms with Gasteiger partial charge in [0.25, 0.3) is 0 Å². The molecular formula is C22H34O3. The fourth-order valence-electron chi connectivity index (χ4n) is 2.97. The van der Waals surface area contributed by atoms with Gasteiger partial charge in [0.15, 0.2) is 0 Å². The van der Waals surface area contributed by atoms with E-state index in [2.05, 4.69) is 6.92 Å². The van der Waals surface area contributed by atoms with Crippen molar-refractivity contribution in [1.82, 2.24) is 0 Å². The number of esters is 1. The SMILES string of the molecule is CCCCCCCCCCCCc1ccccc1OC(=O)CC(C)=O. The maximum absolute atomic E-state index is 11.7. The highest BCUT2D eigenvalue weighted by atomic mass is 16.5. The average Bonchev–Trinajstić information content (AvgIpc) is 2.57. The van der Waals surface area contributed by atoms with Crippen molar-refractivity contribution in [1.29, 1.82) is 0 Å². The molecule has 0 saturated carbocycles. The third-order valence-corrected chi connectivity index (χ3v) is 4.39. The number of para-hydroxylation sites is 1. The van der Waals surface area contributed by atoms with E-state index in [1.165, 1.54) is 64.7 Å². The molecule has 0 N–H and O–H groups in total. The second-order valence-corrected chi connectivity index (χ2v) is 6.89. The number of carbonyl (C=O) groups excluding carboxylic acids is 2. The average molecular weight is 347 g/mol. The molecule has 0 aliphatic heterocycles. The molecule has 0 amide bonds. The van der Waals surface area contributed by atoms with Gasteiger partial charge in [-0.2, -0.15) is 0 Å². The van der Waals surface area contributed by atoms with E-state index in [0.29, 0.717) is 5.75 Å². The third kappa shape index (κ3) is 10.8. The molecule has 25 heavy (non-hydrogen) atoms. The fourth-order valence-corrected chi connectivity index (χ4v) is 2.97. The van der Waals surface area contributed by atoms with Crippen LogP contribution in [0.1, 0.15) is 90.0 Å². The zero-order valence-electron chi connectivity index (χ0n) is 16.0. The van der Waals surface area contributed by atoms with Gasteiger partial charge in [-0.3, -0.25) is 9.59 Å². The molecule has 0 bridgehead atoms. The van der Waals surface area contributed by atoms with Gasteiger partial charge in [-0.15, -0.1) is 0 Å². The summed E-state index contributed by atoms with van der Waals surface area (Å²) in [6, 6.07) is 7.64. The first kappa shape index (κ1) is 21.4. The molecule has 0 unspecified atom stereocenters. The second kappa shape index (κ2) is 13.6. The summed E-state index contributed by atoms with van der Waals surface area (Å²) in [4.78, 5) is 22.7. The van der Waals surface area contributed by atoms with Crippen molar-refractivity contribution in [3.8, 4) is 5.75 Å². The van der Waals surface area contributed by atoms with Gasteiger partial charge in [0.2, 0.25) is 0 Å². The van der Waals surface area contributed by atoms with E-state index >= 15 is 0 Å². The van der Waals surface area contributed by atoms with E-state index in [0.717, 1.165) is 18.4 Å². The van der Waals surface area contributed by atoms with Crippen LogP contribution in [0.25, 0.3) is 0 Å². The van der Waals surface area contributed by atoms with Gasteiger partial charge in [0.1, 0.15) is 18.0 Å². The van der Waals surface area contributed by atoms with Gasteiger partial charge < -0.3 is 4.74 Å². The third-order valence-electron chi connectivity index (χ3n) is 4.39. The summed E-state index contributed by atoms with van der Waals surface area (Å²) in [5, 5.41) is 0. The normalized spacial score (nSPS) is 10.6. The first-order valence-electron chi connectivity index (χ1n) is 9.91. The summed E-state index contributed by atoms with van der Waals surface area (Å²) >= 11 is 0. The van der Waals surface area contributed by atoms with Crippen molar-refractivity contribution in [2.75, 3.05) is 0 Å². The van der Waals surface area contributed by atoms with E-state index in [4.69, 9.17) is 4.74 Å². The lowest BCUT2D eigenvalue weighted by Gasteiger charge is -2.09. The van der Waals surface area contributed by atoms with Crippen molar-refractivity contribution in [3.63, 3.8) is 0 Å². The van der Waals surface area contributed by atoms with Crippen LogP contribution in [0, 0.1) is 0 Å². The number of hydrogen-bond donors (Lipinski definition) is 0. The Kier molecular flexibility index (Phi) is 11.7. The lowest BCUT2D eigenvalue weighted by atomic mass is 10.0. The maximum atomic E-state index is 11.7. The molecule has 3 heteroatoms. The molecule has 0 radical (unpaired) electrons. The van der Waals surface area contributed by atoms with Gasteiger partial charge in [-0.1, -0.05) is 82.9 Å². The molecule has 0 heterocycles. The van der Waals surface area contributed by atoms with E-state index in [-0.39, 0.29) is 12.2 Å². The van der Waals surface area contributed by atoms with Crippen molar-refractivity contribution in [2.45, 2.75) is 90.9 Å². The number of Topliss-reactive ketones (excluding diaryl/α,β-unsaturated/α-hetero) is 1. The molecule has 0 atom stereocenters. The highest BCUT2D eigenvalue weighted by Crippen LogP contribution is 2.21. The Morgan fingerprint density at radius 1 is 0.840 bits per heavy atom. The zero-order chi connectivity index (χ0) is 18.3. The number of ether oxygens (including phenoxy) is 1. The number of rotatable bonds is 14. The molecule has 0 spiro atoms. The number of aryl methyl sites for hydroxylation is 1. The van der Waals surface area contributed by atoms with Crippen LogP contribution in [-0.4, -0.2) is 11.8 Å². The molecular weight excluding hydrogens is 312 g/mol. The Hall–Kier alpha value is -1.64. The molecule has 0 fully saturated rings. The first-order valence-corrected chi connectivity index (χ1v) is 9.91. The predicted molar refractivity (Wildman–Crippen MR) is 103 cm³/mol. The molecule has 1 aromatic carbocycles. The smallest absolute Gasteiger partial charge is 0.318 e. The summed E-state index contributed by atoms with van der Waals surface area (Å²) in [7, 11) is 0. The van der Waals surface area contributed by atoms with Crippen molar-refractivity contribution >= 4 is 11.8 Å². The van der Waals surface area contributed by atoms with Crippen LogP contribution >= 0.6 is 0 Å². The molecule has 0 aromatic heterocycles. The monoisotopic (exact) mass is 346 g/mol. The van der Waals surface area contributed by atoms with Gasteiger partial charge in [0, 0.05) is 0 Å². The molecule has 1 aromatic rings. The minimum atomic E-state index is -0.469. The zero-order valence-corrected chi connectivity index (χ0v) is 16.0. The van der Waals surface area contributed by atoms with E-state index in [9.17, 15) is 9.59 Å². The van der Waals surface area contributed by atoms with Crippen LogP contribution in [0.4, 0.5) is 0 Å². The van der Waals surface area contributed by atoms with Gasteiger partial charge in [-0.25, -0.2) is 0 Å². The minimum Gasteiger partial charge on any atom is -0.426 e. The Morgan fingerprint density at radius 2 is 1.40 bits per heavy atom. The van der Waals surface area contributed by atoms with Crippen molar-refractivity contribution in [2.24, 2.45) is 0 Å². The van der Waals surface area contributed by atoms with Gasteiger partial charge in [0.05, 0.1) is 0 Å². The number of hydrogen-bond acceptors (Lipinski definition) is 3. The Labute approximate surface area is 153 Å². The van der Waals surface area contributed by atoms with Crippen LogP contribution in [0.3, 0.4) is 0 Å². The van der Waals surface area contributed by atoms with Crippen molar-refractivity contribution in [3.05, 3.63) is 29.8 Å². The molecule has 1 rings (SSSR count). The summed E-state index contributed by atoms with van der Waals surface area (Å²) in [6.45, 7) is 3.65. The minimum absolute atomic E-state index is 0.160. The summed E-state index contributed by atoms with van der Waals surface area (Å²) in [6.07, 6.45) is 13.8. The summed E-state index contributed by atoms with van der Waals surface area (Å²) < 4.78 is 5.34. The number of ketones is 1. The van der Waals surface area contributed by atoms with Crippen LogP contribution < -0.4 is 4.74 Å². The number of unbranched alkanes of at least 4 members (excludes halogenated alkanes) is 9.